The van der Waals surface area contributed by atoms with Gasteiger partial charge in [0.1, 0.15) is 41.4 Å². The number of benzene rings is 1. The fraction of sp³-hybridized carbons (Fsp3) is 0.303. The average molecular weight is 752 g/mol. The van der Waals surface area contributed by atoms with Gasteiger partial charge in [0, 0.05) is 64.3 Å². The van der Waals surface area contributed by atoms with Gasteiger partial charge in [0.25, 0.3) is 11.8 Å². The normalized spacial score (nSPS) is 19.0. The van der Waals surface area contributed by atoms with Crippen LogP contribution in [0.25, 0.3) is 11.0 Å². The van der Waals surface area contributed by atoms with Crippen LogP contribution in [0.4, 0.5) is 9.52 Å². The number of thiazole rings is 1. The van der Waals surface area contributed by atoms with E-state index in [1.54, 1.807) is 24.5 Å². The summed E-state index contributed by atoms with van der Waals surface area (Å²) in [6, 6.07) is 7.46. The Kier molecular flexibility index (Phi) is 9.43. The average Bonchev–Trinajstić information content (AvgIpc) is 3.89. The zero-order valence-corrected chi connectivity index (χ0v) is 29.5. The number of carboxylic acid groups (broad SMARTS) is 1. The number of rotatable bonds is 10. The lowest BCUT2D eigenvalue weighted by molar-refractivity contribution is -0.663. The van der Waals surface area contributed by atoms with Crippen molar-refractivity contribution >= 4 is 80.2 Å². The van der Waals surface area contributed by atoms with Gasteiger partial charge < -0.3 is 35.3 Å². The van der Waals surface area contributed by atoms with Gasteiger partial charge in [0.05, 0.1) is 18.2 Å². The molecule has 7 rings (SSSR count). The number of carbonyl (C=O) groups is 3. The van der Waals surface area contributed by atoms with Crippen LogP contribution < -0.4 is 20.7 Å². The van der Waals surface area contributed by atoms with Crippen LogP contribution in [0.5, 0.6) is 0 Å². The van der Waals surface area contributed by atoms with Gasteiger partial charge in [0.2, 0.25) is 5.52 Å². The molecule has 0 bridgehead atoms. The summed E-state index contributed by atoms with van der Waals surface area (Å²) < 4.78 is 19.1. The number of thioether (sulfide) groups is 1. The molecule has 0 aliphatic carbocycles. The largest absolute Gasteiger partial charge is 0.543 e. The summed E-state index contributed by atoms with van der Waals surface area (Å²) in [7, 11) is 1.26. The molecule has 2 amide bonds. The number of nitrogens with zero attached hydrogens (tertiary/aromatic N) is 6. The minimum atomic E-state index is -1.51. The number of aromatic nitrogens is 3. The second-order valence-corrected chi connectivity index (χ2v) is 14.5. The summed E-state index contributed by atoms with van der Waals surface area (Å²) in [6.45, 7) is 1.78. The first-order chi connectivity index (χ1) is 24.5. The molecule has 1 aromatic carbocycles. The highest BCUT2D eigenvalue weighted by atomic mass is 35.5. The van der Waals surface area contributed by atoms with E-state index < -0.39 is 35.0 Å². The smallest absolute Gasteiger partial charge is 0.276 e. The number of nitrogens with two attached hydrogens (primary N) is 1. The van der Waals surface area contributed by atoms with Crippen molar-refractivity contribution < 1.29 is 33.3 Å². The molecule has 2 saturated heterocycles. The number of β-lactam (4-membered cyclic amide) rings is 1. The molecule has 51 heavy (non-hydrogen) atoms. The SMILES string of the molecule is CO/N=C(\C(=O)N[C@@H]1C(=O)N2C(C(=O)[O-])=C(C[n+]3cccc4c3ccn4Cc3c(F)cc(C(=N)N4CCCC4)cc3Cl)CS[C@H]12)c1csc(N)n1. The molecule has 264 valence electrons. The number of oxime groups is 1. The Hall–Kier alpha value is -5.00. The van der Waals surface area contributed by atoms with E-state index >= 15 is 4.39 Å². The van der Waals surface area contributed by atoms with E-state index in [0.717, 1.165) is 53.2 Å². The Labute approximate surface area is 303 Å². The highest BCUT2D eigenvalue weighted by Crippen LogP contribution is 2.40. The van der Waals surface area contributed by atoms with Crippen molar-refractivity contribution in [2.75, 3.05) is 31.7 Å². The number of amides is 2. The summed E-state index contributed by atoms with van der Waals surface area (Å²) in [5.41, 5.74) is 8.11. The molecule has 0 saturated carbocycles. The number of anilines is 1. The fourth-order valence-electron chi connectivity index (χ4n) is 6.58. The minimum absolute atomic E-state index is 0.127. The fourth-order valence-corrected chi connectivity index (χ4v) is 8.73. The lowest BCUT2D eigenvalue weighted by Crippen LogP contribution is -2.71. The molecule has 0 spiro atoms. The van der Waals surface area contributed by atoms with Crippen LogP contribution in [0.1, 0.15) is 29.7 Å². The van der Waals surface area contributed by atoms with Crippen molar-refractivity contribution in [2.24, 2.45) is 5.16 Å². The van der Waals surface area contributed by atoms with E-state index in [1.807, 2.05) is 26.2 Å². The molecule has 0 unspecified atom stereocenters. The van der Waals surface area contributed by atoms with Gasteiger partial charge in [-0.25, -0.2) is 9.37 Å². The molecule has 3 aliphatic rings. The number of nitrogens with one attached hydrogen (secondary N) is 2. The van der Waals surface area contributed by atoms with Crippen molar-refractivity contribution in [3.8, 4) is 0 Å². The van der Waals surface area contributed by atoms with Crippen LogP contribution in [0, 0.1) is 11.2 Å². The van der Waals surface area contributed by atoms with E-state index in [-0.39, 0.29) is 57.5 Å². The van der Waals surface area contributed by atoms with E-state index in [2.05, 4.69) is 15.5 Å². The number of nitrogen functional groups attached to an aromatic ring is 1. The van der Waals surface area contributed by atoms with Gasteiger partial charge in [-0.1, -0.05) is 16.8 Å². The number of pyridine rings is 1. The Morgan fingerprint density at radius 2 is 2.08 bits per heavy atom. The van der Waals surface area contributed by atoms with Gasteiger partial charge in [0.15, 0.2) is 23.6 Å². The van der Waals surface area contributed by atoms with Crippen molar-refractivity contribution in [1.82, 2.24) is 24.7 Å². The van der Waals surface area contributed by atoms with Crippen molar-refractivity contribution in [1.29, 1.82) is 5.41 Å². The summed E-state index contributed by atoms with van der Waals surface area (Å²) >= 11 is 9.00. The van der Waals surface area contributed by atoms with Crippen LogP contribution in [-0.4, -0.2) is 86.0 Å². The van der Waals surface area contributed by atoms with Crippen molar-refractivity contribution in [3.05, 3.63) is 87.0 Å². The van der Waals surface area contributed by atoms with Gasteiger partial charge in [-0.2, -0.15) is 4.57 Å². The number of hydrogen-bond acceptors (Lipinski definition) is 11. The second-order valence-electron chi connectivity index (χ2n) is 12.1. The zero-order chi connectivity index (χ0) is 36.0. The molecule has 2 atom stereocenters. The molecule has 3 aromatic heterocycles. The van der Waals surface area contributed by atoms with Crippen LogP contribution in [-0.2, 0) is 32.3 Å². The molecule has 4 N–H and O–H groups in total. The van der Waals surface area contributed by atoms with Crippen LogP contribution in [0.15, 0.2) is 64.5 Å². The number of fused-ring (bicyclic) bond motifs is 2. The number of likely N-dealkylation sites (tertiary alicyclic amines) is 1. The van der Waals surface area contributed by atoms with Gasteiger partial charge in [-0.3, -0.25) is 19.9 Å². The zero-order valence-electron chi connectivity index (χ0n) is 27.1. The molecule has 6 heterocycles. The first kappa shape index (κ1) is 34.4. The summed E-state index contributed by atoms with van der Waals surface area (Å²) in [6.07, 6.45) is 5.58. The van der Waals surface area contributed by atoms with Gasteiger partial charge in [-0.15, -0.1) is 23.1 Å². The minimum Gasteiger partial charge on any atom is -0.543 e. The number of aliphatic carboxylic acids is 1. The quantitative estimate of drug-likeness (QED) is 0.0713. The van der Waals surface area contributed by atoms with E-state index in [0.29, 0.717) is 11.1 Å². The number of amidine groups is 1. The lowest BCUT2D eigenvalue weighted by Gasteiger charge is -2.50. The number of carboxylic acids is 1. The molecular formula is C33H31ClFN9O5S2. The van der Waals surface area contributed by atoms with Gasteiger partial charge in [-0.05, 0) is 31.0 Å². The third-order valence-electron chi connectivity index (χ3n) is 9.03. The van der Waals surface area contributed by atoms with E-state index in [1.165, 1.54) is 30.3 Å². The van der Waals surface area contributed by atoms with Crippen LogP contribution in [0.2, 0.25) is 5.02 Å². The lowest BCUT2D eigenvalue weighted by atomic mass is 10.0. The molecule has 4 aromatic rings. The molecule has 2 fully saturated rings. The maximum Gasteiger partial charge on any atom is 0.276 e. The predicted molar refractivity (Wildman–Crippen MR) is 187 cm³/mol. The van der Waals surface area contributed by atoms with Crippen molar-refractivity contribution in [2.45, 2.75) is 37.3 Å². The predicted octanol–water partition coefficient (Wildman–Crippen LogP) is 1.68. The monoisotopic (exact) mass is 751 g/mol. The third-order valence-corrected chi connectivity index (χ3v) is 11.4. The highest BCUT2D eigenvalue weighted by molar-refractivity contribution is 8.00. The maximum absolute atomic E-state index is 15.5. The molecular weight excluding hydrogens is 721 g/mol. The molecule has 18 heteroatoms. The summed E-state index contributed by atoms with van der Waals surface area (Å²) in [5.74, 6) is -2.85. The molecule has 0 radical (unpaired) electrons. The van der Waals surface area contributed by atoms with Crippen LogP contribution in [0.3, 0.4) is 0 Å². The first-order valence-corrected chi connectivity index (χ1v) is 18.2. The Morgan fingerprint density at radius 3 is 2.76 bits per heavy atom. The Balaban J connectivity index is 1.10. The third kappa shape index (κ3) is 6.40. The topological polar surface area (TPSA) is 186 Å². The standard InChI is InChI=1S/C33H31ClFN9O5S2/c1-49-40-25(22-16-51-33(37)38-22)29(45)39-26-30(46)44-27(32(47)48)18(15-50-31(26)44)13-42-9-4-5-23-24(42)6-10-43(23)14-19-20(34)11-17(12-21(19)35)28(36)41-7-2-3-8-41/h4-6,9-12,16,26,31,36H,2-3,7-8,13-15H2,1H3,(H3-,37,38,39,45,47,48)/b36-28?,40-25-/t26-,31-/m1/s1. The Bertz CT molecular complexity index is 2140. The Morgan fingerprint density at radius 1 is 1.29 bits per heavy atom. The van der Waals surface area contributed by atoms with E-state index in [9.17, 15) is 19.5 Å². The maximum atomic E-state index is 15.5. The number of carbonyl (C=O) groups excluding carboxylic acids is 3. The summed E-state index contributed by atoms with van der Waals surface area (Å²) in [5, 5.41) is 28.6. The van der Waals surface area contributed by atoms with Crippen LogP contribution >= 0.6 is 34.7 Å². The van der Waals surface area contributed by atoms with Crippen molar-refractivity contribution in [3.63, 3.8) is 0 Å². The van der Waals surface area contributed by atoms with E-state index in [4.69, 9.17) is 27.6 Å². The molecule has 3 aliphatic heterocycles. The van der Waals surface area contributed by atoms with Gasteiger partial charge >= 0.3 is 0 Å². The second kappa shape index (κ2) is 14.0. The molecule has 14 nitrogen and oxygen atoms in total. The number of halogens is 2. The summed E-state index contributed by atoms with van der Waals surface area (Å²) in [4.78, 5) is 50.8. The number of hydrogen-bond donors (Lipinski definition) is 3. The first-order valence-electron chi connectivity index (χ1n) is 15.9. The highest BCUT2D eigenvalue weighted by Gasteiger charge is 2.53.